The number of rotatable bonds is 36. The smallest absolute Gasteiger partial charge is 0.249 e. The number of hydrogen-bond donors (Lipinski definition) is 5. The van der Waals surface area contributed by atoms with Gasteiger partial charge in [-0.2, -0.15) is 0 Å². The van der Waals surface area contributed by atoms with Crippen LogP contribution >= 0.6 is 0 Å². The zero-order chi connectivity index (χ0) is 36.8. The van der Waals surface area contributed by atoms with Gasteiger partial charge >= 0.3 is 0 Å². The Hall–Kier alpha value is -1.99. The molecule has 0 aliphatic heterocycles. The van der Waals surface area contributed by atoms with Crippen molar-refractivity contribution in [2.24, 2.45) is 0 Å². The first-order valence-corrected chi connectivity index (χ1v) is 20.7. The summed E-state index contributed by atoms with van der Waals surface area (Å²) in [6.07, 6.45) is 46.6. The quantitative estimate of drug-likeness (QED) is 0.0254. The minimum atomic E-state index is -1.30. The van der Waals surface area contributed by atoms with Gasteiger partial charge in [-0.05, 0) is 89.9 Å². The van der Waals surface area contributed by atoms with E-state index in [0.717, 1.165) is 57.8 Å². The van der Waals surface area contributed by atoms with Crippen molar-refractivity contribution in [2.75, 3.05) is 6.61 Å². The summed E-state index contributed by atoms with van der Waals surface area (Å²) in [5.74, 6) is -0.607. The van der Waals surface area contributed by atoms with Crippen LogP contribution in [0.15, 0.2) is 60.8 Å². The molecule has 6 nitrogen and oxygen atoms in total. The molecule has 0 radical (unpaired) electrons. The third kappa shape index (κ3) is 32.0. The van der Waals surface area contributed by atoms with Gasteiger partial charge in [0.05, 0.1) is 18.8 Å². The van der Waals surface area contributed by atoms with Gasteiger partial charge in [-0.15, -0.1) is 0 Å². The maximum absolute atomic E-state index is 12.5. The molecule has 0 heterocycles. The minimum absolute atomic E-state index is 0.350. The Balaban J connectivity index is 3.87. The van der Waals surface area contributed by atoms with Gasteiger partial charge in [-0.3, -0.25) is 4.79 Å². The van der Waals surface area contributed by atoms with Crippen LogP contribution in [0.25, 0.3) is 0 Å². The SMILES string of the molecule is CCCCC/C=C\C=C/CCCCCCCCCCCC(O)C(=O)NC(CO)C(O)C(O)CCC/C=C/CC/C=C/CC/C=C/CCCCC. The second kappa shape index (κ2) is 38.2. The van der Waals surface area contributed by atoms with E-state index in [2.05, 4.69) is 79.9 Å². The van der Waals surface area contributed by atoms with Crippen molar-refractivity contribution in [3.05, 3.63) is 60.8 Å². The topological polar surface area (TPSA) is 110 Å². The average Bonchev–Trinajstić information content (AvgIpc) is 3.12. The number of nitrogens with one attached hydrogen (secondary N) is 1. The second-order valence-corrected chi connectivity index (χ2v) is 14.0. The Labute approximate surface area is 308 Å². The van der Waals surface area contributed by atoms with Crippen molar-refractivity contribution >= 4 is 5.91 Å². The number of carbonyl (C=O) groups is 1. The summed E-state index contributed by atoms with van der Waals surface area (Å²) in [6.45, 7) is 3.96. The predicted octanol–water partition coefficient (Wildman–Crippen LogP) is 10.5. The molecule has 0 spiro atoms. The lowest BCUT2D eigenvalue weighted by atomic mass is 10.00. The summed E-state index contributed by atoms with van der Waals surface area (Å²) in [5.41, 5.74) is 0. The second-order valence-electron chi connectivity index (χ2n) is 14.0. The molecule has 0 aromatic rings. The first-order valence-electron chi connectivity index (χ1n) is 20.7. The Morgan fingerprint density at radius 3 is 1.38 bits per heavy atom. The van der Waals surface area contributed by atoms with E-state index in [1.54, 1.807) is 0 Å². The molecule has 5 N–H and O–H groups in total. The van der Waals surface area contributed by atoms with Crippen LogP contribution in [-0.4, -0.2) is 57.3 Å². The molecule has 0 aromatic heterocycles. The highest BCUT2D eigenvalue weighted by Crippen LogP contribution is 2.14. The van der Waals surface area contributed by atoms with E-state index in [0.29, 0.717) is 19.3 Å². The molecule has 0 bridgehead atoms. The number of unbranched alkanes of at least 4 members (excludes halogenated alkanes) is 18. The lowest BCUT2D eigenvalue weighted by molar-refractivity contribution is -0.132. The highest BCUT2D eigenvalue weighted by molar-refractivity contribution is 5.80. The van der Waals surface area contributed by atoms with Crippen LogP contribution in [-0.2, 0) is 4.79 Å². The van der Waals surface area contributed by atoms with Gasteiger partial charge in [-0.1, -0.05) is 152 Å². The Morgan fingerprint density at radius 1 is 0.500 bits per heavy atom. The maximum atomic E-state index is 12.5. The van der Waals surface area contributed by atoms with Gasteiger partial charge in [0.15, 0.2) is 0 Å². The number of carbonyl (C=O) groups excluding carboxylic acids is 1. The molecule has 4 unspecified atom stereocenters. The first kappa shape index (κ1) is 48.0. The Bertz CT molecular complexity index is 880. The molecule has 4 atom stereocenters. The van der Waals surface area contributed by atoms with Crippen LogP contribution in [0.1, 0.15) is 181 Å². The van der Waals surface area contributed by atoms with Crippen LogP contribution in [0.2, 0.25) is 0 Å². The van der Waals surface area contributed by atoms with E-state index in [4.69, 9.17) is 0 Å². The molecule has 50 heavy (non-hydrogen) atoms. The third-order valence-corrected chi connectivity index (χ3v) is 9.18. The molecular weight excluding hydrogens is 622 g/mol. The molecule has 0 rings (SSSR count). The van der Waals surface area contributed by atoms with Crippen molar-refractivity contribution in [1.29, 1.82) is 0 Å². The van der Waals surface area contributed by atoms with Crippen LogP contribution in [0.3, 0.4) is 0 Å². The van der Waals surface area contributed by atoms with Gasteiger partial charge in [0.2, 0.25) is 5.91 Å². The Kier molecular flexibility index (Phi) is 36.7. The fourth-order valence-corrected chi connectivity index (χ4v) is 5.84. The van der Waals surface area contributed by atoms with Crippen LogP contribution in [0.4, 0.5) is 0 Å². The van der Waals surface area contributed by atoms with Crippen molar-refractivity contribution in [3.8, 4) is 0 Å². The number of amides is 1. The van der Waals surface area contributed by atoms with E-state index in [9.17, 15) is 25.2 Å². The van der Waals surface area contributed by atoms with Crippen molar-refractivity contribution in [3.63, 3.8) is 0 Å². The minimum Gasteiger partial charge on any atom is -0.394 e. The average molecular weight is 702 g/mol. The van der Waals surface area contributed by atoms with E-state index in [1.807, 2.05) is 0 Å². The molecule has 0 aliphatic rings. The maximum Gasteiger partial charge on any atom is 0.249 e. The van der Waals surface area contributed by atoms with E-state index in [1.165, 1.54) is 89.9 Å². The first-order chi connectivity index (χ1) is 24.5. The molecule has 0 saturated carbocycles. The largest absolute Gasteiger partial charge is 0.394 e. The van der Waals surface area contributed by atoms with Gasteiger partial charge < -0.3 is 25.7 Å². The van der Waals surface area contributed by atoms with Gasteiger partial charge in [0, 0.05) is 0 Å². The summed E-state index contributed by atoms with van der Waals surface area (Å²) in [5, 5.41) is 43.6. The highest BCUT2D eigenvalue weighted by atomic mass is 16.3. The van der Waals surface area contributed by atoms with Crippen molar-refractivity contribution in [2.45, 2.75) is 205 Å². The molecule has 0 fully saturated rings. The normalized spacial score (nSPS) is 14.9. The summed E-state index contributed by atoms with van der Waals surface area (Å²) >= 11 is 0. The number of hydrogen-bond acceptors (Lipinski definition) is 5. The van der Waals surface area contributed by atoms with Gasteiger partial charge in [-0.25, -0.2) is 0 Å². The fourth-order valence-electron chi connectivity index (χ4n) is 5.84. The number of allylic oxidation sites excluding steroid dienone is 10. The Morgan fingerprint density at radius 2 is 0.900 bits per heavy atom. The molecular formula is C44H79NO5. The van der Waals surface area contributed by atoms with Crippen molar-refractivity contribution < 1.29 is 25.2 Å². The lowest BCUT2D eigenvalue weighted by Gasteiger charge is -2.27. The van der Waals surface area contributed by atoms with Gasteiger partial charge in [0.1, 0.15) is 12.2 Å². The van der Waals surface area contributed by atoms with Crippen LogP contribution < -0.4 is 5.32 Å². The van der Waals surface area contributed by atoms with Crippen LogP contribution in [0.5, 0.6) is 0 Å². The molecule has 290 valence electrons. The lowest BCUT2D eigenvalue weighted by Crippen LogP contribution is -2.53. The fraction of sp³-hybridized carbons (Fsp3) is 0.750. The summed E-state index contributed by atoms with van der Waals surface area (Å²) < 4.78 is 0. The summed E-state index contributed by atoms with van der Waals surface area (Å²) in [7, 11) is 0. The standard InChI is InChI=1S/C44H79NO5/c1-3-5-7-9-11-13-15-17-19-21-22-24-26-28-30-32-34-36-38-42(48)44(50)45-40(39-46)43(49)41(47)37-35-33-31-29-27-25-23-20-18-16-14-12-10-8-6-4-2/h11-15,17,20,23,29,31,40-43,46-49H,3-10,16,18-19,21-22,24-28,30,32-39H2,1-2H3,(H,45,50)/b13-11-,14-12+,17-15-,23-20+,31-29+. The number of aliphatic hydroxyl groups is 4. The van der Waals surface area contributed by atoms with Crippen molar-refractivity contribution in [1.82, 2.24) is 5.32 Å². The van der Waals surface area contributed by atoms with Crippen LogP contribution in [0, 0.1) is 0 Å². The number of aliphatic hydroxyl groups excluding tert-OH is 4. The van der Waals surface area contributed by atoms with E-state index >= 15 is 0 Å². The molecule has 0 aliphatic carbocycles. The molecule has 1 amide bonds. The molecule has 0 aromatic carbocycles. The van der Waals surface area contributed by atoms with E-state index in [-0.39, 0.29) is 0 Å². The third-order valence-electron chi connectivity index (χ3n) is 9.18. The monoisotopic (exact) mass is 702 g/mol. The highest BCUT2D eigenvalue weighted by Gasteiger charge is 2.28. The predicted molar refractivity (Wildman–Crippen MR) is 214 cm³/mol. The molecule has 6 heteroatoms. The van der Waals surface area contributed by atoms with E-state index < -0.39 is 36.9 Å². The zero-order valence-corrected chi connectivity index (χ0v) is 32.4. The van der Waals surface area contributed by atoms with Gasteiger partial charge in [0.25, 0.3) is 0 Å². The summed E-state index contributed by atoms with van der Waals surface area (Å²) in [4.78, 5) is 12.5. The molecule has 0 saturated heterocycles. The summed E-state index contributed by atoms with van der Waals surface area (Å²) in [6, 6.07) is -1.01. The zero-order valence-electron chi connectivity index (χ0n) is 32.4.